The lowest BCUT2D eigenvalue weighted by molar-refractivity contribution is 0.482. The zero-order valence-corrected chi connectivity index (χ0v) is 10.3. The van der Waals surface area contributed by atoms with Gasteiger partial charge in [0, 0.05) is 0 Å². The largest absolute Gasteiger partial charge is 0.383 e. The first kappa shape index (κ1) is 9.90. The molecule has 1 heterocycles. The Balaban J connectivity index is 1.94. The van der Waals surface area contributed by atoms with Gasteiger partial charge in [0.15, 0.2) is 0 Å². The molecule has 1 aliphatic rings. The van der Waals surface area contributed by atoms with Crippen LogP contribution in [0.2, 0.25) is 0 Å². The maximum atomic E-state index is 5.97. The van der Waals surface area contributed by atoms with Crippen LogP contribution in [-0.4, -0.2) is 9.78 Å². The van der Waals surface area contributed by atoms with Crippen LogP contribution in [0.4, 0.5) is 5.82 Å². The fourth-order valence-electron chi connectivity index (χ4n) is 2.35. The molecule has 2 N–H and O–H groups in total. The number of halogens is 1. The molecule has 0 aliphatic heterocycles. The molecule has 2 aromatic rings. The first-order chi connectivity index (χ1) is 7.75. The molecule has 4 heteroatoms. The van der Waals surface area contributed by atoms with E-state index in [2.05, 4.69) is 45.3 Å². The highest BCUT2D eigenvalue weighted by Gasteiger charge is 2.24. The Kier molecular flexibility index (Phi) is 2.24. The van der Waals surface area contributed by atoms with Crippen molar-refractivity contribution in [3.8, 4) is 0 Å². The predicted molar refractivity (Wildman–Crippen MR) is 67.2 cm³/mol. The summed E-state index contributed by atoms with van der Waals surface area (Å²) in [6.07, 6.45) is 3.81. The number of nitrogens with zero attached hydrogens (tertiary/aromatic N) is 2. The van der Waals surface area contributed by atoms with Crippen molar-refractivity contribution in [3.05, 3.63) is 46.1 Å². The SMILES string of the molecule is Nc1c(Br)cnn1C1Cc2ccccc2C1. The number of benzene rings is 1. The summed E-state index contributed by atoms with van der Waals surface area (Å²) in [6, 6.07) is 8.91. The highest BCUT2D eigenvalue weighted by atomic mass is 79.9. The summed E-state index contributed by atoms with van der Waals surface area (Å²) in [6.45, 7) is 0. The van der Waals surface area contributed by atoms with Gasteiger partial charge in [-0.15, -0.1) is 0 Å². The minimum atomic E-state index is 0.365. The maximum absolute atomic E-state index is 5.97. The molecule has 0 bridgehead atoms. The normalized spacial score (nSPS) is 15.3. The number of fused-ring (bicyclic) bond motifs is 1. The van der Waals surface area contributed by atoms with Crippen molar-refractivity contribution < 1.29 is 0 Å². The van der Waals surface area contributed by atoms with E-state index in [4.69, 9.17) is 5.73 Å². The molecule has 3 nitrogen and oxygen atoms in total. The number of hydrogen-bond acceptors (Lipinski definition) is 2. The van der Waals surface area contributed by atoms with Gasteiger partial charge in [0.05, 0.1) is 16.7 Å². The molecule has 1 aromatic carbocycles. The zero-order valence-electron chi connectivity index (χ0n) is 8.73. The summed E-state index contributed by atoms with van der Waals surface area (Å²) in [5, 5.41) is 4.33. The zero-order chi connectivity index (χ0) is 11.1. The van der Waals surface area contributed by atoms with Crippen molar-refractivity contribution in [1.29, 1.82) is 0 Å². The van der Waals surface area contributed by atoms with E-state index in [9.17, 15) is 0 Å². The van der Waals surface area contributed by atoms with Gasteiger partial charge in [0.2, 0.25) is 0 Å². The predicted octanol–water partition coefficient (Wildman–Crippen LogP) is 2.57. The fourth-order valence-corrected chi connectivity index (χ4v) is 2.62. The van der Waals surface area contributed by atoms with E-state index in [1.165, 1.54) is 11.1 Å². The third-order valence-electron chi connectivity index (χ3n) is 3.16. The summed E-state index contributed by atoms with van der Waals surface area (Å²) in [5.41, 5.74) is 8.80. The average molecular weight is 278 g/mol. The van der Waals surface area contributed by atoms with E-state index in [0.717, 1.165) is 23.1 Å². The molecule has 0 spiro atoms. The standard InChI is InChI=1S/C12H12BrN3/c13-11-7-15-16(12(11)14)10-5-8-3-1-2-4-9(8)6-10/h1-4,7,10H,5-6,14H2. The lowest BCUT2D eigenvalue weighted by Crippen LogP contribution is -2.13. The van der Waals surface area contributed by atoms with Gasteiger partial charge in [0.25, 0.3) is 0 Å². The third kappa shape index (κ3) is 1.45. The quantitative estimate of drug-likeness (QED) is 0.871. The molecule has 0 unspecified atom stereocenters. The highest BCUT2D eigenvalue weighted by Crippen LogP contribution is 2.32. The Morgan fingerprint density at radius 2 is 1.88 bits per heavy atom. The molecular weight excluding hydrogens is 266 g/mol. The number of nitrogens with two attached hydrogens (primary N) is 1. The Hall–Kier alpha value is -1.29. The number of aromatic nitrogens is 2. The molecule has 0 fully saturated rings. The second kappa shape index (κ2) is 3.63. The van der Waals surface area contributed by atoms with Crippen LogP contribution in [0.25, 0.3) is 0 Å². The van der Waals surface area contributed by atoms with Crippen LogP contribution >= 0.6 is 15.9 Å². The van der Waals surface area contributed by atoms with Gasteiger partial charge in [-0.25, -0.2) is 4.68 Å². The van der Waals surface area contributed by atoms with Crippen molar-refractivity contribution in [1.82, 2.24) is 9.78 Å². The van der Waals surface area contributed by atoms with Crippen molar-refractivity contribution in [2.45, 2.75) is 18.9 Å². The molecular formula is C12H12BrN3. The second-order valence-electron chi connectivity index (χ2n) is 4.15. The van der Waals surface area contributed by atoms with E-state index >= 15 is 0 Å². The minimum Gasteiger partial charge on any atom is -0.383 e. The van der Waals surface area contributed by atoms with Crippen LogP contribution in [0.3, 0.4) is 0 Å². The van der Waals surface area contributed by atoms with Crippen LogP contribution in [0, 0.1) is 0 Å². The molecule has 0 radical (unpaired) electrons. The van der Waals surface area contributed by atoms with Crippen molar-refractivity contribution in [2.75, 3.05) is 5.73 Å². The number of anilines is 1. The summed E-state index contributed by atoms with van der Waals surface area (Å²) < 4.78 is 2.80. The van der Waals surface area contributed by atoms with Gasteiger partial charge >= 0.3 is 0 Å². The molecule has 16 heavy (non-hydrogen) atoms. The summed E-state index contributed by atoms with van der Waals surface area (Å²) in [7, 11) is 0. The lowest BCUT2D eigenvalue weighted by atomic mass is 10.1. The van der Waals surface area contributed by atoms with Crippen molar-refractivity contribution in [3.63, 3.8) is 0 Å². The van der Waals surface area contributed by atoms with Gasteiger partial charge in [-0.2, -0.15) is 5.10 Å². The van der Waals surface area contributed by atoms with E-state index in [1.54, 1.807) is 6.20 Å². The van der Waals surface area contributed by atoms with Crippen LogP contribution < -0.4 is 5.73 Å². The highest BCUT2D eigenvalue weighted by molar-refractivity contribution is 9.10. The first-order valence-corrected chi connectivity index (χ1v) is 6.10. The van der Waals surface area contributed by atoms with Gasteiger partial charge in [-0.05, 0) is 39.9 Å². The number of hydrogen-bond donors (Lipinski definition) is 1. The average Bonchev–Trinajstić information content (AvgIpc) is 2.84. The molecule has 1 aromatic heterocycles. The van der Waals surface area contributed by atoms with Gasteiger partial charge in [-0.1, -0.05) is 24.3 Å². The molecule has 82 valence electrons. The van der Waals surface area contributed by atoms with Crippen LogP contribution in [0.5, 0.6) is 0 Å². The summed E-state index contributed by atoms with van der Waals surface area (Å²) in [4.78, 5) is 0. The van der Waals surface area contributed by atoms with E-state index < -0.39 is 0 Å². The summed E-state index contributed by atoms with van der Waals surface area (Å²) >= 11 is 3.39. The Morgan fingerprint density at radius 1 is 1.25 bits per heavy atom. The topological polar surface area (TPSA) is 43.8 Å². The molecule has 0 saturated heterocycles. The Labute approximate surface area is 102 Å². The molecule has 3 rings (SSSR count). The van der Waals surface area contributed by atoms with E-state index in [1.807, 2.05) is 4.68 Å². The Bertz CT molecular complexity index is 508. The summed E-state index contributed by atoms with van der Waals surface area (Å²) in [5.74, 6) is 0.720. The molecule has 1 aliphatic carbocycles. The number of nitrogen functional groups attached to an aromatic ring is 1. The minimum absolute atomic E-state index is 0.365. The smallest absolute Gasteiger partial charge is 0.136 e. The molecule has 0 atom stereocenters. The van der Waals surface area contributed by atoms with Gasteiger partial charge in [-0.3, -0.25) is 0 Å². The second-order valence-corrected chi connectivity index (χ2v) is 5.01. The fraction of sp³-hybridized carbons (Fsp3) is 0.250. The third-order valence-corrected chi connectivity index (χ3v) is 3.77. The monoisotopic (exact) mass is 277 g/mol. The lowest BCUT2D eigenvalue weighted by Gasteiger charge is -2.11. The number of rotatable bonds is 1. The maximum Gasteiger partial charge on any atom is 0.136 e. The first-order valence-electron chi connectivity index (χ1n) is 5.31. The van der Waals surface area contributed by atoms with Crippen LogP contribution in [0.15, 0.2) is 34.9 Å². The van der Waals surface area contributed by atoms with Crippen LogP contribution in [0.1, 0.15) is 17.2 Å². The van der Waals surface area contributed by atoms with E-state index in [0.29, 0.717) is 6.04 Å². The Morgan fingerprint density at radius 3 is 2.38 bits per heavy atom. The van der Waals surface area contributed by atoms with Gasteiger partial charge < -0.3 is 5.73 Å². The van der Waals surface area contributed by atoms with Crippen LogP contribution in [-0.2, 0) is 12.8 Å². The van der Waals surface area contributed by atoms with Crippen molar-refractivity contribution in [2.24, 2.45) is 0 Å². The molecule has 0 saturated carbocycles. The van der Waals surface area contributed by atoms with Crippen molar-refractivity contribution >= 4 is 21.7 Å². The molecule has 0 amide bonds. The van der Waals surface area contributed by atoms with E-state index in [-0.39, 0.29) is 0 Å². The van der Waals surface area contributed by atoms with Gasteiger partial charge in [0.1, 0.15) is 5.82 Å².